The number of carbonyl (C=O) groups excluding carboxylic acids is 2. The molecule has 0 aromatic heterocycles. The molecule has 0 radical (unpaired) electrons. The molecule has 33 heavy (non-hydrogen) atoms. The van der Waals surface area contributed by atoms with E-state index in [0.29, 0.717) is 32.4 Å². The van der Waals surface area contributed by atoms with Crippen molar-refractivity contribution < 1.29 is 14.3 Å². The van der Waals surface area contributed by atoms with E-state index in [2.05, 4.69) is 0 Å². The predicted octanol–water partition coefficient (Wildman–Crippen LogP) is 4.16. The molecule has 4 rings (SSSR count). The summed E-state index contributed by atoms with van der Waals surface area (Å²) in [6, 6.07) is 24.0. The molecular formula is C28H30N2O3. The van der Waals surface area contributed by atoms with Crippen LogP contribution in [-0.2, 0) is 22.4 Å². The Labute approximate surface area is 195 Å². The molecule has 3 aromatic carbocycles. The minimum atomic E-state index is -0.741. The van der Waals surface area contributed by atoms with Crippen LogP contribution in [0, 0.1) is 12.3 Å². The number of nitrogens with two attached hydrogens (primary N) is 1. The van der Waals surface area contributed by atoms with Crippen LogP contribution < -0.4 is 10.5 Å². The van der Waals surface area contributed by atoms with E-state index in [1.807, 2.05) is 79.7 Å². The smallest absolute Gasteiger partial charge is 0.227 e. The fourth-order valence-electron chi connectivity index (χ4n) is 4.59. The van der Waals surface area contributed by atoms with Crippen molar-refractivity contribution in [3.8, 4) is 16.9 Å². The third-order valence-electron chi connectivity index (χ3n) is 6.62. The van der Waals surface area contributed by atoms with E-state index in [4.69, 9.17) is 10.5 Å². The Bertz CT molecular complexity index is 1140. The second-order valence-electron chi connectivity index (χ2n) is 8.95. The summed E-state index contributed by atoms with van der Waals surface area (Å²) in [5.41, 5.74) is 10.4. The minimum Gasteiger partial charge on any atom is -0.496 e. The second kappa shape index (κ2) is 9.49. The van der Waals surface area contributed by atoms with E-state index in [-0.39, 0.29) is 11.8 Å². The van der Waals surface area contributed by atoms with Crippen LogP contribution in [-0.4, -0.2) is 36.9 Å². The number of hydrogen-bond donors (Lipinski definition) is 1. The maximum absolute atomic E-state index is 12.9. The molecular weight excluding hydrogens is 412 g/mol. The Morgan fingerprint density at radius 2 is 1.64 bits per heavy atom. The van der Waals surface area contributed by atoms with Crippen molar-refractivity contribution in [3.63, 3.8) is 0 Å². The molecule has 1 heterocycles. The van der Waals surface area contributed by atoms with Gasteiger partial charge < -0.3 is 15.4 Å². The summed E-state index contributed by atoms with van der Waals surface area (Å²) in [5.74, 6) is 0.507. The summed E-state index contributed by atoms with van der Waals surface area (Å²) in [7, 11) is 1.66. The lowest BCUT2D eigenvalue weighted by atomic mass is 9.80. The average molecular weight is 443 g/mol. The molecule has 5 heteroatoms. The molecule has 3 aromatic rings. The fourth-order valence-corrected chi connectivity index (χ4v) is 4.59. The van der Waals surface area contributed by atoms with Gasteiger partial charge in [0.05, 0.1) is 18.9 Å². The quantitative estimate of drug-likeness (QED) is 0.597. The zero-order valence-electron chi connectivity index (χ0n) is 19.2. The highest BCUT2D eigenvalue weighted by Crippen LogP contribution is 2.36. The number of hydrogen-bond acceptors (Lipinski definition) is 3. The van der Waals surface area contributed by atoms with Crippen molar-refractivity contribution in [3.05, 3.63) is 89.5 Å². The molecule has 1 aliphatic rings. The van der Waals surface area contributed by atoms with Crippen LogP contribution in [0.15, 0.2) is 72.8 Å². The summed E-state index contributed by atoms with van der Waals surface area (Å²) >= 11 is 0. The van der Waals surface area contributed by atoms with E-state index in [1.165, 1.54) is 0 Å². The van der Waals surface area contributed by atoms with Crippen molar-refractivity contribution in [2.24, 2.45) is 11.1 Å². The van der Waals surface area contributed by atoms with Gasteiger partial charge in [-0.2, -0.15) is 0 Å². The van der Waals surface area contributed by atoms with Gasteiger partial charge >= 0.3 is 0 Å². The molecule has 1 saturated heterocycles. The predicted molar refractivity (Wildman–Crippen MR) is 130 cm³/mol. The Balaban J connectivity index is 1.47. The van der Waals surface area contributed by atoms with E-state index >= 15 is 0 Å². The summed E-state index contributed by atoms with van der Waals surface area (Å²) in [6.45, 7) is 2.93. The Morgan fingerprint density at radius 3 is 2.30 bits per heavy atom. The third-order valence-corrected chi connectivity index (χ3v) is 6.62. The van der Waals surface area contributed by atoms with Crippen molar-refractivity contribution in [1.29, 1.82) is 0 Å². The van der Waals surface area contributed by atoms with Crippen LogP contribution in [0.4, 0.5) is 0 Å². The average Bonchev–Trinajstić information content (AvgIpc) is 3.27. The highest BCUT2D eigenvalue weighted by Gasteiger charge is 2.44. The topological polar surface area (TPSA) is 72.6 Å². The second-order valence-corrected chi connectivity index (χ2v) is 8.95. The van der Waals surface area contributed by atoms with Gasteiger partial charge in [-0.15, -0.1) is 0 Å². The van der Waals surface area contributed by atoms with Crippen LogP contribution >= 0.6 is 0 Å². The Kier molecular flexibility index (Phi) is 6.50. The zero-order valence-corrected chi connectivity index (χ0v) is 19.2. The molecule has 5 nitrogen and oxygen atoms in total. The number of amides is 2. The molecule has 170 valence electrons. The largest absolute Gasteiger partial charge is 0.496 e. The lowest BCUT2D eigenvalue weighted by molar-refractivity contribution is -0.131. The highest BCUT2D eigenvalue weighted by molar-refractivity contribution is 5.85. The van der Waals surface area contributed by atoms with Crippen molar-refractivity contribution in [1.82, 2.24) is 4.90 Å². The molecule has 1 aliphatic heterocycles. The van der Waals surface area contributed by atoms with Gasteiger partial charge in [0.25, 0.3) is 0 Å². The van der Waals surface area contributed by atoms with Gasteiger partial charge in [-0.3, -0.25) is 9.59 Å². The normalized spacial score (nSPS) is 17.7. The molecule has 2 amide bonds. The van der Waals surface area contributed by atoms with Crippen molar-refractivity contribution in [2.45, 2.75) is 26.2 Å². The lowest BCUT2D eigenvalue weighted by Crippen LogP contribution is -2.42. The van der Waals surface area contributed by atoms with Crippen LogP contribution in [0.3, 0.4) is 0 Å². The number of nitrogens with zero attached hydrogens (tertiary/aromatic N) is 1. The highest BCUT2D eigenvalue weighted by atomic mass is 16.5. The minimum absolute atomic E-state index is 0.0356. The monoisotopic (exact) mass is 442 g/mol. The van der Waals surface area contributed by atoms with E-state index < -0.39 is 5.41 Å². The molecule has 1 fully saturated rings. The number of methoxy groups -OCH3 is 1. The molecule has 2 N–H and O–H groups in total. The lowest BCUT2D eigenvalue weighted by Gasteiger charge is -2.26. The first-order valence-corrected chi connectivity index (χ1v) is 11.3. The van der Waals surface area contributed by atoms with Crippen molar-refractivity contribution in [2.75, 3.05) is 20.2 Å². The molecule has 1 unspecified atom stereocenters. The first-order chi connectivity index (χ1) is 15.9. The van der Waals surface area contributed by atoms with Crippen LogP contribution in [0.1, 0.15) is 23.1 Å². The summed E-state index contributed by atoms with van der Waals surface area (Å²) in [6.07, 6.45) is 1.43. The summed E-state index contributed by atoms with van der Waals surface area (Å²) < 4.78 is 5.47. The fraction of sp³-hybridized carbons (Fsp3) is 0.286. The third kappa shape index (κ3) is 4.92. The number of rotatable bonds is 7. The van der Waals surface area contributed by atoms with Gasteiger partial charge in [0.1, 0.15) is 5.75 Å². The molecule has 0 saturated carbocycles. The van der Waals surface area contributed by atoms with Gasteiger partial charge in [-0.05, 0) is 42.5 Å². The number of carbonyl (C=O) groups is 2. The van der Waals surface area contributed by atoms with Gasteiger partial charge in [0, 0.05) is 18.7 Å². The molecule has 0 aliphatic carbocycles. The number of para-hydroxylation sites is 1. The van der Waals surface area contributed by atoms with Gasteiger partial charge in [-0.25, -0.2) is 0 Å². The molecule has 0 bridgehead atoms. The molecule has 0 spiro atoms. The zero-order chi connectivity index (χ0) is 23.4. The SMILES string of the molecule is COc1ccccc1-c1ccc(CC2(C(N)=O)CCN(C(=O)Cc3ccc(C)cc3)C2)cc1. The van der Waals surface area contributed by atoms with E-state index in [0.717, 1.165) is 33.6 Å². The number of primary amides is 1. The van der Waals surface area contributed by atoms with E-state index in [1.54, 1.807) is 12.0 Å². The number of benzene rings is 3. The van der Waals surface area contributed by atoms with Gasteiger partial charge in [0.15, 0.2) is 0 Å². The first kappa shape index (κ1) is 22.6. The summed E-state index contributed by atoms with van der Waals surface area (Å²) in [4.78, 5) is 27.2. The van der Waals surface area contributed by atoms with Crippen LogP contribution in [0.2, 0.25) is 0 Å². The van der Waals surface area contributed by atoms with Gasteiger partial charge in [-0.1, -0.05) is 72.3 Å². The molecule has 1 atom stereocenters. The first-order valence-electron chi connectivity index (χ1n) is 11.3. The summed E-state index contributed by atoms with van der Waals surface area (Å²) in [5, 5.41) is 0. The van der Waals surface area contributed by atoms with Crippen LogP contribution in [0.5, 0.6) is 5.75 Å². The Morgan fingerprint density at radius 1 is 0.970 bits per heavy atom. The number of aryl methyl sites for hydroxylation is 1. The van der Waals surface area contributed by atoms with Crippen LogP contribution in [0.25, 0.3) is 11.1 Å². The standard InChI is InChI=1S/C28H30N2O3/c1-20-7-9-21(10-8-20)17-26(31)30-16-15-28(19-30,27(29)32)18-22-11-13-23(14-12-22)24-5-3-4-6-25(24)33-2/h3-14H,15-19H2,1-2H3,(H2,29,32). The van der Waals surface area contributed by atoms with E-state index in [9.17, 15) is 9.59 Å². The van der Waals surface area contributed by atoms with Gasteiger partial charge in [0.2, 0.25) is 11.8 Å². The maximum atomic E-state index is 12.9. The Hall–Kier alpha value is -3.60. The maximum Gasteiger partial charge on any atom is 0.227 e. The number of likely N-dealkylation sites (tertiary alicyclic amines) is 1. The van der Waals surface area contributed by atoms with Crippen molar-refractivity contribution >= 4 is 11.8 Å². The number of ether oxygens (including phenoxy) is 1.